The van der Waals surface area contributed by atoms with Crippen molar-refractivity contribution in [2.45, 2.75) is 12.8 Å². The summed E-state index contributed by atoms with van der Waals surface area (Å²) >= 11 is 0. The number of amides is 2. The normalized spacial score (nSPS) is 16.7. The van der Waals surface area contributed by atoms with Gasteiger partial charge in [-0.25, -0.2) is 0 Å². The summed E-state index contributed by atoms with van der Waals surface area (Å²) in [5.74, 6) is -0.619. The molecule has 6 heteroatoms. The Bertz CT molecular complexity index is 504. The maximum atomic E-state index is 11.1. The molecule has 0 unspecified atom stereocenters. The number of hydrazine groups is 1. The van der Waals surface area contributed by atoms with E-state index in [1.165, 1.54) is 0 Å². The Morgan fingerprint density at radius 1 is 0.722 bits per heavy atom. The number of rotatable bonds is 0. The van der Waals surface area contributed by atoms with E-state index in [4.69, 9.17) is 0 Å². The Kier molecular flexibility index (Phi) is 3.18. The fourth-order valence-electron chi connectivity index (χ4n) is 1.68. The lowest BCUT2D eigenvalue weighted by molar-refractivity contribution is -0.122. The zero-order valence-electron chi connectivity index (χ0n) is 9.36. The molecule has 1 aliphatic heterocycles. The Hall–Kier alpha value is -2.50. The fraction of sp³-hybridized carbons (Fsp3) is 0.167. The Morgan fingerprint density at radius 2 is 1.17 bits per heavy atom. The summed E-state index contributed by atoms with van der Waals surface area (Å²) in [5.41, 5.74) is 5.42. The van der Waals surface area contributed by atoms with Gasteiger partial charge in [0.1, 0.15) is 6.42 Å². The standard InChI is InChI=1S/C9H6O2.C3H4N2O2/c10-8-5-9(11)7-4-2-1-3-6(7)8;6-2-1-3(7)5-4-2/h1-4H,5H2;1H2,(H,4,6)(H,5,7). The summed E-state index contributed by atoms with van der Waals surface area (Å²) < 4.78 is 0. The van der Waals surface area contributed by atoms with Crippen LogP contribution in [0.4, 0.5) is 0 Å². The van der Waals surface area contributed by atoms with Gasteiger partial charge >= 0.3 is 0 Å². The molecule has 1 heterocycles. The van der Waals surface area contributed by atoms with Crippen LogP contribution in [-0.2, 0) is 9.59 Å². The van der Waals surface area contributed by atoms with Gasteiger partial charge in [-0.2, -0.15) is 0 Å². The van der Waals surface area contributed by atoms with E-state index in [0.29, 0.717) is 11.1 Å². The highest BCUT2D eigenvalue weighted by Crippen LogP contribution is 2.20. The van der Waals surface area contributed by atoms with Crippen molar-refractivity contribution in [1.82, 2.24) is 10.9 Å². The van der Waals surface area contributed by atoms with Gasteiger partial charge in [0.15, 0.2) is 11.6 Å². The summed E-state index contributed by atoms with van der Waals surface area (Å²) in [4.78, 5) is 42.2. The van der Waals surface area contributed by atoms with Crippen LogP contribution in [0.1, 0.15) is 33.6 Å². The largest absolute Gasteiger partial charge is 0.294 e. The van der Waals surface area contributed by atoms with E-state index < -0.39 is 0 Å². The molecule has 0 spiro atoms. The topological polar surface area (TPSA) is 92.3 Å². The maximum Gasteiger partial charge on any atom is 0.247 e. The number of carbonyl (C=O) groups is 4. The second-order valence-corrected chi connectivity index (χ2v) is 3.84. The van der Waals surface area contributed by atoms with Gasteiger partial charge in [-0.05, 0) is 0 Å². The molecular formula is C12H10N2O4. The summed E-state index contributed by atoms with van der Waals surface area (Å²) in [6.07, 6.45) is 0.0271. The van der Waals surface area contributed by atoms with Gasteiger partial charge in [0.05, 0.1) is 6.42 Å². The van der Waals surface area contributed by atoms with Crippen LogP contribution in [0, 0.1) is 0 Å². The number of fused-ring (bicyclic) bond motifs is 1. The number of nitrogens with one attached hydrogen (secondary N) is 2. The van der Waals surface area contributed by atoms with Crippen molar-refractivity contribution in [3.8, 4) is 0 Å². The molecule has 3 rings (SSSR count). The minimum Gasteiger partial charge on any atom is -0.294 e. The number of hydrogen-bond donors (Lipinski definition) is 2. The molecule has 0 aromatic heterocycles. The molecule has 1 aliphatic carbocycles. The van der Waals surface area contributed by atoms with E-state index in [1.54, 1.807) is 24.3 Å². The minimum absolute atomic E-state index is 0.0278. The van der Waals surface area contributed by atoms with Crippen LogP contribution in [0.5, 0.6) is 0 Å². The molecule has 0 radical (unpaired) electrons. The zero-order valence-corrected chi connectivity index (χ0v) is 9.36. The highest BCUT2D eigenvalue weighted by Gasteiger charge is 2.25. The first-order chi connectivity index (χ1) is 8.58. The van der Waals surface area contributed by atoms with Crippen LogP contribution in [0.25, 0.3) is 0 Å². The van der Waals surface area contributed by atoms with Crippen molar-refractivity contribution < 1.29 is 19.2 Å². The Labute approximate surface area is 102 Å². The van der Waals surface area contributed by atoms with Crippen LogP contribution < -0.4 is 10.9 Å². The minimum atomic E-state index is -0.259. The molecule has 2 aliphatic rings. The van der Waals surface area contributed by atoms with Crippen molar-refractivity contribution in [2.75, 3.05) is 0 Å². The van der Waals surface area contributed by atoms with Crippen molar-refractivity contribution >= 4 is 23.4 Å². The van der Waals surface area contributed by atoms with Crippen LogP contribution in [0.2, 0.25) is 0 Å². The van der Waals surface area contributed by atoms with Crippen LogP contribution >= 0.6 is 0 Å². The van der Waals surface area contributed by atoms with Crippen LogP contribution in [0.15, 0.2) is 24.3 Å². The molecule has 2 amide bonds. The highest BCUT2D eigenvalue weighted by molar-refractivity contribution is 6.24. The summed E-state index contributed by atoms with van der Waals surface area (Å²) in [7, 11) is 0. The molecule has 1 saturated heterocycles. The lowest BCUT2D eigenvalue weighted by atomic mass is 10.1. The van der Waals surface area contributed by atoms with E-state index in [9.17, 15) is 19.2 Å². The molecule has 92 valence electrons. The number of Topliss-reactive ketones (excluding diaryl/α,β-unsaturated/α-hetero) is 2. The average Bonchev–Trinajstić information content (AvgIpc) is 2.85. The highest BCUT2D eigenvalue weighted by atomic mass is 16.2. The number of hydrogen-bond acceptors (Lipinski definition) is 4. The van der Waals surface area contributed by atoms with E-state index in [1.807, 2.05) is 0 Å². The molecule has 2 N–H and O–H groups in total. The first-order valence-corrected chi connectivity index (χ1v) is 5.31. The van der Waals surface area contributed by atoms with Gasteiger partial charge < -0.3 is 0 Å². The summed E-state index contributed by atoms with van der Waals surface area (Å²) in [6, 6.07) is 6.94. The molecule has 0 atom stereocenters. The monoisotopic (exact) mass is 246 g/mol. The van der Waals surface area contributed by atoms with Crippen molar-refractivity contribution in [1.29, 1.82) is 0 Å². The first-order valence-electron chi connectivity index (χ1n) is 5.31. The van der Waals surface area contributed by atoms with Gasteiger partial charge in [0, 0.05) is 11.1 Å². The number of carbonyl (C=O) groups excluding carboxylic acids is 4. The van der Waals surface area contributed by atoms with E-state index in [0.717, 1.165) is 0 Å². The molecule has 6 nitrogen and oxygen atoms in total. The molecule has 1 fully saturated rings. The van der Waals surface area contributed by atoms with Gasteiger partial charge in [-0.15, -0.1) is 0 Å². The third-order valence-electron chi connectivity index (χ3n) is 2.51. The smallest absolute Gasteiger partial charge is 0.247 e. The van der Waals surface area contributed by atoms with Gasteiger partial charge in [-0.1, -0.05) is 24.3 Å². The molecule has 0 bridgehead atoms. The Morgan fingerprint density at radius 3 is 1.50 bits per heavy atom. The lowest BCUT2D eigenvalue weighted by Crippen LogP contribution is -2.28. The molecule has 1 aromatic rings. The number of ketones is 2. The second-order valence-electron chi connectivity index (χ2n) is 3.84. The molecular weight excluding hydrogens is 236 g/mol. The van der Waals surface area contributed by atoms with Crippen LogP contribution in [0.3, 0.4) is 0 Å². The summed E-state index contributed by atoms with van der Waals surface area (Å²) in [5, 5.41) is 0. The van der Waals surface area contributed by atoms with Crippen molar-refractivity contribution in [3.05, 3.63) is 35.4 Å². The van der Waals surface area contributed by atoms with Crippen LogP contribution in [-0.4, -0.2) is 23.4 Å². The predicted octanol–water partition coefficient (Wildman–Crippen LogP) is -0.00680. The van der Waals surface area contributed by atoms with Crippen molar-refractivity contribution in [3.63, 3.8) is 0 Å². The van der Waals surface area contributed by atoms with Gasteiger partial charge in [-0.3, -0.25) is 30.0 Å². The van der Waals surface area contributed by atoms with Crippen molar-refractivity contribution in [2.24, 2.45) is 0 Å². The molecule has 1 aromatic carbocycles. The first kappa shape index (κ1) is 12.0. The maximum absolute atomic E-state index is 11.1. The lowest BCUT2D eigenvalue weighted by Gasteiger charge is -1.90. The summed E-state index contributed by atoms with van der Waals surface area (Å²) in [6.45, 7) is 0. The zero-order chi connectivity index (χ0) is 13.1. The molecule has 0 saturated carbocycles. The SMILES string of the molecule is O=C1CC(=O)NN1.O=C1CC(=O)c2ccccc21. The molecule has 18 heavy (non-hydrogen) atoms. The third kappa shape index (κ3) is 2.42. The van der Waals surface area contributed by atoms with E-state index in [2.05, 4.69) is 10.9 Å². The quantitative estimate of drug-likeness (QED) is 0.630. The third-order valence-corrected chi connectivity index (χ3v) is 2.51. The fourth-order valence-corrected chi connectivity index (χ4v) is 1.68. The van der Waals surface area contributed by atoms with Gasteiger partial charge in [0.25, 0.3) is 0 Å². The second kappa shape index (κ2) is 4.79. The number of benzene rings is 1. The predicted molar refractivity (Wildman–Crippen MR) is 60.6 cm³/mol. The van der Waals surface area contributed by atoms with Gasteiger partial charge in [0.2, 0.25) is 11.8 Å². The van der Waals surface area contributed by atoms with E-state index >= 15 is 0 Å². The van der Waals surface area contributed by atoms with E-state index in [-0.39, 0.29) is 36.2 Å². The average molecular weight is 246 g/mol. The Balaban J connectivity index is 0.000000149.